The van der Waals surface area contributed by atoms with Crippen LogP contribution in [0, 0.1) is 10.1 Å². The summed E-state index contributed by atoms with van der Waals surface area (Å²) < 4.78 is 0. The van der Waals surface area contributed by atoms with E-state index < -0.39 is 4.92 Å². The molecule has 0 fully saturated rings. The molecule has 0 aliphatic carbocycles. The maximum atomic E-state index is 11.9. The predicted octanol–water partition coefficient (Wildman–Crippen LogP) is 2.19. The molecule has 0 bridgehead atoms. The lowest BCUT2D eigenvalue weighted by Gasteiger charge is -2.07. The summed E-state index contributed by atoms with van der Waals surface area (Å²) in [6.07, 6.45) is 4.24. The Bertz CT molecular complexity index is 477. The fourth-order valence-electron chi connectivity index (χ4n) is 1.80. The minimum Gasteiger partial charge on any atom is -0.352 e. The van der Waals surface area contributed by atoms with E-state index in [1.807, 2.05) is 0 Å². The topological polar surface area (TPSA) is 110 Å². The number of hydrazine groups is 1. The van der Waals surface area contributed by atoms with E-state index in [9.17, 15) is 14.9 Å². The summed E-state index contributed by atoms with van der Waals surface area (Å²) in [5.74, 6) is 4.87. The summed E-state index contributed by atoms with van der Waals surface area (Å²) >= 11 is 0. The molecule has 1 aromatic rings. The van der Waals surface area contributed by atoms with Crippen molar-refractivity contribution in [2.45, 2.75) is 32.6 Å². The molecule has 7 nitrogen and oxygen atoms in total. The van der Waals surface area contributed by atoms with Gasteiger partial charge in [-0.1, -0.05) is 26.2 Å². The molecule has 1 amide bonds. The molecule has 0 saturated heterocycles. The van der Waals surface area contributed by atoms with Gasteiger partial charge in [-0.2, -0.15) is 0 Å². The first kappa shape index (κ1) is 15.9. The second kappa shape index (κ2) is 8.11. The van der Waals surface area contributed by atoms with Crippen molar-refractivity contribution in [1.29, 1.82) is 0 Å². The second-order valence-corrected chi connectivity index (χ2v) is 4.45. The first-order valence-corrected chi connectivity index (χ1v) is 6.63. The van der Waals surface area contributed by atoms with Gasteiger partial charge in [-0.15, -0.1) is 0 Å². The molecule has 110 valence electrons. The predicted molar refractivity (Wildman–Crippen MR) is 77.4 cm³/mol. The average Bonchev–Trinajstić information content (AvgIpc) is 2.46. The van der Waals surface area contributed by atoms with E-state index in [4.69, 9.17) is 5.84 Å². The lowest BCUT2D eigenvalue weighted by atomic mass is 10.1. The molecule has 4 N–H and O–H groups in total. The molecule has 20 heavy (non-hydrogen) atoms. The zero-order chi connectivity index (χ0) is 15.0. The smallest absolute Gasteiger partial charge is 0.294 e. The number of nitrogen functional groups attached to an aromatic ring is 1. The third-order valence-corrected chi connectivity index (χ3v) is 2.93. The molecule has 1 rings (SSSR count). The first-order chi connectivity index (χ1) is 9.60. The Labute approximate surface area is 117 Å². The average molecular weight is 280 g/mol. The van der Waals surface area contributed by atoms with Gasteiger partial charge in [-0.05, 0) is 18.6 Å². The summed E-state index contributed by atoms with van der Waals surface area (Å²) in [7, 11) is 0. The summed E-state index contributed by atoms with van der Waals surface area (Å²) in [4.78, 5) is 22.2. The van der Waals surface area contributed by atoms with Crippen molar-refractivity contribution in [3.8, 4) is 0 Å². The highest BCUT2D eigenvalue weighted by atomic mass is 16.6. The summed E-state index contributed by atoms with van der Waals surface area (Å²) in [5, 5.41) is 13.6. The van der Waals surface area contributed by atoms with Gasteiger partial charge < -0.3 is 10.7 Å². The van der Waals surface area contributed by atoms with Gasteiger partial charge in [0.2, 0.25) is 0 Å². The molecule has 1 aromatic carbocycles. The van der Waals surface area contributed by atoms with Crippen LogP contribution in [0.15, 0.2) is 18.2 Å². The number of rotatable bonds is 8. The SMILES string of the molecule is CCCCCCNC(=O)c1ccc(NN)c([N+](=O)[O-])c1. The monoisotopic (exact) mass is 280 g/mol. The Balaban J connectivity index is 2.64. The standard InChI is InChI=1S/C13H20N4O3/c1-2-3-4-5-8-15-13(18)10-6-7-11(16-14)12(9-10)17(19)20/h6-7,9,16H,2-5,8,14H2,1H3,(H,15,18). The zero-order valence-corrected chi connectivity index (χ0v) is 11.5. The number of anilines is 1. The Morgan fingerprint density at radius 3 is 2.70 bits per heavy atom. The van der Waals surface area contributed by atoms with Crippen molar-refractivity contribution >= 4 is 17.3 Å². The van der Waals surface area contributed by atoms with Crippen LogP contribution in [-0.2, 0) is 0 Å². The van der Waals surface area contributed by atoms with Crippen LogP contribution in [0.2, 0.25) is 0 Å². The molecule has 0 aliphatic heterocycles. The number of amides is 1. The number of hydrogen-bond donors (Lipinski definition) is 3. The van der Waals surface area contributed by atoms with Crippen LogP contribution in [0.5, 0.6) is 0 Å². The first-order valence-electron chi connectivity index (χ1n) is 6.63. The van der Waals surface area contributed by atoms with Gasteiger partial charge in [0.1, 0.15) is 5.69 Å². The van der Waals surface area contributed by atoms with E-state index >= 15 is 0 Å². The van der Waals surface area contributed by atoms with E-state index in [2.05, 4.69) is 17.7 Å². The molecule has 0 atom stereocenters. The van der Waals surface area contributed by atoms with Gasteiger partial charge in [0, 0.05) is 18.2 Å². The van der Waals surface area contributed by atoms with Crippen molar-refractivity contribution in [3.05, 3.63) is 33.9 Å². The fourth-order valence-corrected chi connectivity index (χ4v) is 1.80. The van der Waals surface area contributed by atoms with E-state index in [0.717, 1.165) is 25.7 Å². The number of nitro benzene ring substituents is 1. The number of nitrogens with zero attached hydrogens (tertiary/aromatic N) is 1. The van der Waals surface area contributed by atoms with E-state index in [1.54, 1.807) is 0 Å². The number of nitrogens with two attached hydrogens (primary N) is 1. The summed E-state index contributed by atoms with van der Waals surface area (Å²) in [5.41, 5.74) is 2.45. The number of carbonyl (C=O) groups excluding carboxylic acids is 1. The molecule has 0 saturated carbocycles. The van der Waals surface area contributed by atoms with Crippen LogP contribution in [0.25, 0.3) is 0 Å². The Morgan fingerprint density at radius 2 is 2.10 bits per heavy atom. The quantitative estimate of drug-likeness (QED) is 0.292. The molecule has 0 heterocycles. The minimum atomic E-state index is -0.576. The highest BCUT2D eigenvalue weighted by Crippen LogP contribution is 2.24. The van der Waals surface area contributed by atoms with Gasteiger partial charge in [0.15, 0.2) is 0 Å². The van der Waals surface area contributed by atoms with Crippen molar-refractivity contribution in [2.75, 3.05) is 12.0 Å². The highest BCUT2D eigenvalue weighted by molar-refractivity contribution is 5.95. The number of nitrogens with one attached hydrogen (secondary N) is 2. The van der Waals surface area contributed by atoms with Crippen LogP contribution in [-0.4, -0.2) is 17.4 Å². The Kier molecular flexibility index (Phi) is 6.45. The molecular formula is C13H20N4O3. The zero-order valence-electron chi connectivity index (χ0n) is 11.5. The number of nitro groups is 1. The van der Waals surface area contributed by atoms with Crippen molar-refractivity contribution < 1.29 is 9.72 Å². The third kappa shape index (κ3) is 4.51. The van der Waals surface area contributed by atoms with Crippen LogP contribution in [0.4, 0.5) is 11.4 Å². The van der Waals surface area contributed by atoms with Crippen LogP contribution in [0.3, 0.4) is 0 Å². The van der Waals surface area contributed by atoms with Crippen molar-refractivity contribution in [1.82, 2.24) is 5.32 Å². The Morgan fingerprint density at radius 1 is 1.35 bits per heavy atom. The van der Waals surface area contributed by atoms with E-state index in [1.165, 1.54) is 18.2 Å². The van der Waals surface area contributed by atoms with E-state index in [-0.39, 0.29) is 22.8 Å². The highest BCUT2D eigenvalue weighted by Gasteiger charge is 2.16. The maximum absolute atomic E-state index is 11.9. The van der Waals surface area contributed by atoms with Gasteiger partial charge in [0.05, 0.1) is 4.92 Å². The normalized spacial score (nSPS) is 10.1. The number of carbonyl (C=O) groups is 1. The van der Waals surface area contributed by atoms with Crippen LogP contribution >= 0.6 is 0 Å². The van der Waals surface area contributed by atoms with Gasteiger partial charge in [-0.25, -0.2) is 0 Å². The Hall–Kier alpha value is -2.15. The molecular weight excluding hydrogens is 260 g/mol. The number of hydrogen-bond acceptors (Lipinski definition) is 5. The molecule has 0 radical (unpaired) electrons. The van der Waals surface area contributed by atoms with Gasteiger partial charge in [-0.3, -0.25) is 20.8 Å². The third-order valence-electron chi connectivity index (χ3n) is 2.93. The van der Waals surface area contributed by atoms with Crippen LogP contribution in [0.1, 0.15) is 43.0 Å². The van der Waals surface area contributed by atoms with E-state index in [0.29, 0.717) is 6.54 Å². The molecule has 0 aliphatic rings. The second-order valence-electron chi connectivity index (χ2n) is 4.45. The maximum Gasteiger partial charge on any atom is 0.294 e. The minimum absolute atomic E-state index is 0.175. The molecule has 7 heteroatoms. The van der Waals surface area contributed by atoms with Crippen LogP contribution < -0.4 is 16.6 Å². The van der Waals surface area contributed by atoms with Gasteiger partial charge in [0.25, 0.3) is 11.6 Å². The van der Waals surface area contributed by atoms with Crippen molar-refractivity contribution in [2.24, 2.45) is 5.84 Å². The number of benzene rings is 1. The van der Waals surface area contributed by atoms with Gasteiger partial charge >= 0.3 is 0 Å². The summed E-state index contributed by atoms with van der Waals surface area (Å²) in [6.45, 7) is 2.69. The fraction of sp³-hybridized carbons (Fsp3) is 0.462. The summed E-state index contributed by atoms with van der Waals surface area (Å²) in [6, 6.07) is 4.14. The lowest BCUT2D eigenvalue weighted by Crippen LogP contribution is -2.24. The van der Waals surface area contributed by atoms with Crippen molar-refractivity contribution in [3.63, 3.8) is 0 Å². The molecule has 0 unspecified atom stereocenters. The molecule has 0 spiro atoms. The number of unbranched alkanes of at least 4 members (excludes halogenated alkanes) is 3. The largest absolute Gasteiger partial charge is 0.352 e. The lowest BCUT2D eigenvalue weighted by molar-refractivity contribution is -0.384. The molecule has 0 aromatic heterocycles.